The zero-order valence-corrected chi connectivity index (χ0v) is 11.1. The summed E-state index contributed by atoms with van der Waals surface area (Å²) in [6.07, 6.45) is 0. The molecule has 21 heavy (non-hydrogen) atoms. The van der Waals surface area contributed by atoms with Gasteiger partial charge in [0.1, 0.15) is 5.69 Å². The van der Waals surface area contributed by atoms with Crippen LogP contribution in [0.4, 0.5) is 8.78 Å². The van der Waals surface area contributed by atoms with Gasteiger partial charge in [0.05, 0.1) is 16.7 Å². The van der Waals surface area contributed by atoms with Crippen molar-refractivity contribution < 1.29 is 13.6 Å². The standard InChI is InChI=1S/C16H10F2N2O/c1-9-15(16(21)10-5-3-2-4-6-10)20-14-8-12(18)11(17)7-13(14)19-9/h2-8H,1H3. The lowest BCUT2D eigenvalue weighted by Gasteiger charge is -2.06. The van der Waals surface area contributed by atoms with E-state index in [1.54, 1.807) is 37.3 Å². The largest absolute Gasteiger partial charge is 0.287 e. The quantitative estimate of drug-likeness (QED) is 0.677. The van der Waals surface area contributed by atoms with Crippen molar-refractivity contribution in [3.63, 3.8) is 0 Å². The minimum absolute atomic E-state index is 0.139. The van der Waals surface area contributed by atoms with Crippen LogP contribution in [-0.2, 0) is 0 Å². The van der Waals surface area contributed by atoms with Gasteiger partial charge in [0.25, 0.3) is 0 Å². The van der Waals surface area contributed by atoms with Crippen molar-refractivity contribution in [2.75, 3.05) is 0 Å². The normalized spacial score (nSPS) is 10.8. The third-order valence-electron chi connectivity index (χ3n) is 3.13. The number of benzene rings is 2. The Labute approximate surface area is 119 Å². The van der Waals surface area contributed by atoms with Gasteiger partial charge in [-0.15, -0.1) is 0 Å². The summed E-state index contributed by atoms with van der Waals surface area (Å²) in [5, 5.41) is 0. The minimum atomic E-state index is -1.02. The number of halogens is 2. The molecule has 2 aromatic carbocycles. The van der Waals surface area contributed by atoms with Crippen LogP contribution < -0.4 is 0 Å². The lowest BCUT2D eigenvalue weighted by Crippen LogP contribution is -2.08. The van der Waals surface area contributed by atoms with Crippen LogP contribution in [0.1, 0.15) is 21.7 Å². The predicted octanol–water partition coefficient (Wildman–Crippen LogP) is 3.45. The van der Waals surface area contributed by atoms with E-state index in [1.165, 1.54) is 0 Å². The van der Waals surface area contributed by atoms with Crippen LogP contribution in [-0.4, -0.2) is 15.8 Å². The lowest BCUT2D eigenvalue weighted by molar-refractivity contribution is 0.103. The molecule has 0 N–H and O–H groups in total. The van der Waals surface area contributed by atoms with E-state index in [-0.39, 0.29) is 22.5 Å². The number of ketones is 1. The number of hydrogen-bond donors (Lipinski definition) is 0. The predicted molar refractivity (Wildman–Crippen MR) is 74.1 cm³/mol. The van der Waals surface area contributed by atoms with Crippen molar-refractivity contribution in [1.82, 2.24) is 9.97 Å². The Bertz CT molecular complexity index is 848. The maximum Gasteiger partial charge on any atom is 0.213 e. The van der Waals surface area contributed by atoms with Gasteiger partial charge in [0, 0.05) is 17.7 Å². The number of aryl methyl sites for hydroxylation is 1. The van der Waals surface area contributed by atoms with Crippen LogP contribution in [0, 0.1) is 18.6 Å². The maximum absolute atomic E-state index is 13.3. The Morgan fingerprint density at radius 2 is 1.52 bits per heavy atom. The first-order valence-electron chi connectivity index (χ1n) is 6.29. The smallest absolute Gasteiger partial charge is 0.213 e. The molecule has 0 aliphatic carbocycles. The van der Waals surface area contributed by atoms with Gasteiger partial charge >= 0.3 is 0 Å². The van der Waals surface area contributed by atoms with Gasteiger partial charge in [-0.1, -0.05) is 30.3 Å². The molecule has 1 heterocycles. The van der Waals surface area contributed by atoms with Gasteiger partial charge in [0.15, 0.2) is 11.6 Å². The Morgan fingerprint density at radius 1 is 0.952 bits per heavy atom. The second-order valence-corrected chi connectivity index (χ2v) is 4.61. The number of carbonyl (C=O) groups excluding carboxylic acids is 1. The fourth-order valence-electron chi connectivity index (χ4n) is 2.08. The van der Waals surface area contributed by atoms with Crippen molar-refractivity contribution >= 4 is 16.8 Å². The van der Waals surface area contributed by atoms with Crippen molar-refractivity contribution in [2.24, 2.45) is 0 Å². The van der Waals surface area contributed by atoms with Crippen molar-refractivity contribution in [2.45, 2.75) is 6.92 Å². The van der Waals surface area contributed by atoms with Crippen LogP contribution in [0.15, 0.2) is 42.5 Å². The number of fused-ring (bicyclic) bond motifs is 1. The van der Waals surface area contributed by atoms with Gasteiger partial charge in [0.2, 0.25) is 5.78 Å². The van der Waals surface area contributed by atoms with E-state index < -0.39 is 11.6 Å². The molecule has 3 rings (SSSR count). The van der Waals surface area contributed by atoms with E-state index in [0.29, 0.717) is 11.3 Å². The summed E-state index contributed by atoms with van der Waals surface area (Å²) < 4.78 is 26.5. The number of nitrogens with zero attached hydrogens (tertiary/aromatic N) is 2. The summed E-state index contributed by atoms with van der Waals surface area (Å²) in [4.78, 5) is 20.7. The molecule has 0 fully saturated rings. The van der Waals surface area contributed by atoms with Crippen molar-refractivity contribution in [1.29, 1.82) is 0 Å². The molecule has 3 nitrogen and oxygen atoms in total. The minimum Gasteiger partial charge on any atom is -0.287 e. The van der Waals surface area contributed by atoms with Crippen LogP contribution in [0.25, 0.3) is 11.0 Å². The number of aromatic nitrogens is 2. The van der Waals surface area contributed by atoms with Crippen molar-refractivity contribution in [3.05, 3.63) is 71.1 Å². The molecular weight excluding hydrogens is 274 g/mol. The first kappa shape index (κ1) is 13.3. The molecule has 0 aliphatic heterocycles. The zero-order chi connectivity index (χ0) is 15.0. The van der Waals surface area contributed by atoms with Gasteiger partial charge in [-0.25, -0.2) is 18.7 Å². The molecule has 0 atom stereocenters. The van der Waals surface area contributed by atoms with Crippen LogP contribution >= 0.6 is 0 Å². The fraction of sp³-hybridized carbons (Fsp3) is 0.0625. The molecule has 0 aliphatic rings. The second-order valence-electron chi connectivity index (χ2n) is 4.61. The molecule has 0 saturated heterocycles. The maximum atomic E-state index is 13.3. The zero-order valence-electron chi connectivity index (χ0n) is 11.1. The SMILES string of the molecule is Cc1nc2cc(F)c(F)cc2nc1C(=O)c1ccccc1. The summed E-state index contributed by atoms with van der Waals surface area (Å²) in [7, 11) is 0. The Kier molecular flexibility index (Phi) is 3.17. The third kappa shape index (κ3) is 2.38. The number of hydrogen-bond acceptors (Lipinski definition) is 3. The lowest BCUT2D eigenvalue weighted by atomic mass is 10.1. The highest BCUT2D eigenvalue weighted by Gasteiger charge is 2.16. The van der Waals surface area contributed by atoms with Crippen LogP contribution in [0.3, 0.4) is 0 Å². The number of carbonyl (C=O) groups is 1. The average Bonchev–Trinajstić information content (AvgIpc) is 2.49. The van der Waals surface area contributed by atoms with Gasteiger partial charge in [-0.2, -0.15) is 0 Å². The highest BCUT2D eigenvalue weighted by atomic mass is 19.2. The number of rotatable bonds is 2. The molecule has 5 heteroatoms. The first-order chi connectivity index (χ1) is 10.1. The van der Waals surface area contributed by atoms with Crippen LogP contribution in [0.5, 0.6) is 0 Å². The fourth-order valence-corrected chi connectivity index (χ4v) is 2.08. The molecular formula is C16H10F2N2O. The van der Waals surface area contributed by atoms with Crippen LogP contribution in [0.2, 0.25) is 0 Å². The summed E-state index contributed by atoms with van der Waals surface area (Å²) in [6.45, 7) is 1.61. The van der Waals surface area contributed by atoms with E-state index in [2.05, 4.69) is 9.97 Å². The molecule has 0 unspecified atom stereocenters. The van der Waals surface area contributed by atoms with Crippen molar-refractivity contribution in [3.8, 4) is 0 Å². The second kappa shape index (κ2) is 5.01. The van der Waals surface area contributed by atoms with E-state index in [9.17, 15) is 13.6 Å². The monoisotopic (exact) mass is 284 g/mol. The van der Waals surface area contributed by atoms with E-state index in [1.807, 2.05) is 0 Å². The summed E-state index contributed by atoms with van der Waals surface area (Å²) >= 11 is 0. The highest BCUT2D eigenvalue weighted by Crippen LogP contribution is 2.18. The van der Waals surface area contributed by atoms with Gasteiger partial charge in [-0.05, 0) is 6.92 Å². The Morgan fingerprint density at radius 3 is 2.14 bits per heavy atom. The molecule has 0 spiro atoms. The average molecular weight is 284 g/mol. The molecule has 0 saturated carbocycles. The molecule has 0 bridgehead atoms. The first-order valence-corrected chi connectivity index (χ1v) is 6.29. The van der Waals surface area contributed by atoms with Gasteiger partial charge < -0.3 is 0 Å². The summed E-state index contributed by atoms with van der Waals surface area (Å²) in [5.74, 6) is -2.30. The van der Waals surface area contributed by atoms with E-state index in [4.69, 9.17) is 0 Å². The Balaban J connectivity index is 2.17. The molecule has 3 aromatic rings. The topological polar surface area (TPSA) is 42.9 Å². The molecule has 1 aromatic heterocycles. The third-order valence-corrected chi connectivity index (χ3v) is 3.13. The highest BCUT2D eigenvalue weighted by molar-refractivity contribution is 6.09. The molecule has 104 valence electrons. The van der Waals surface area contributed by atoms with E-state index >= 15 is 0 Å². The van der Waals surface area contributed by atoms with E-state index in [0.717, 1.165) is 12.1 Å². The van der Waals surface area contributed by atoms with Gasteiger partial charge in [-0.3, -0.25) is 4.79 Å². The Hall–Kier alpha value is -2.69. The summed E-state index contributed by atoms with van der Waals surface area (Å²) in [6, 6.07) is 10.5. The molecule has 0 radical (unpaired) electrons. The molecule has 0 amide bonds. The summed E-state index contributed by atoms with van der Waals surface area (Å²) in [5.41, 5.74) is 1.36.